The van der Waals surface area contributed by atoms with Gasteiger partial charge in [0, 0.05) is 30.6 Å². The molecule has 4 fully saturated rings. The summed E-state index contributed by atoms with van der Waals surface area (Å²) < 4.78 is 4.80. The molecular weight excluding hydrogens is 380 g/mol. The minimum Gasteiger partial charge on any atom is -0.469 e. The second-order valence-electron chi connectivity index (χ2n) is 11.2. The minimum atomic E-state index is -0.455. The van der Waals surface area contributed by atoms with Crippen molar-refractivity contribution in [1.29, 1.82) is 0 Å². The van der Waals surface area contributed by atoms with Crippen molar-refractivity contribution < 1.29 is 24.2 Å². The van der Waals surface area contributed by atoms with Crippen molar-refractivity contribution >= 4 is 17.5 Å². The number of carbonyl (C=O) groups excluding carboxylic acids is 3. The Balaban J connectivity index is 1.59. The number of ketones is 2. The third-order valence-corrected chi connectivity index (χ3v) is 10.1. The summed E-state index contributed by atoms with van der Waals surface area (Å²) in [5.74, 6) is 1.42. The fourth-order valence-corrected chi connectivity index (χ4v) is 8.22. The van der Waals surface area contributed by atoms with E-state index < -0.39 is 5.41 Å². The number of aliphatic hydroxyl groups excluding tert-OH is 1. The molecule has 1 N–H and O–H groups in total. The van der Waals surface area contributed by atoms with Crippen molar-refractivity contribution in [2.24, 2.45) is 46.3 Å². The molecule has 4 saturated carbocycles. The van der Waals surface area contributed by atoms with Crippen LogP contribution in [0.5, 0.6) is 0 Å². The highest BCUT2D eigenvalue weighted by Gasteiger charge is 2.66. The van der Waals surface area contributed by atoms with Gasteiger partial charge in [0.1, 0.15) is 11.6 Å². The van der Waals surface area contributed by atoms with Crippen molar-refractivity contribution in [2.45, 2.75) is 84.7 Å². The number of aliphatic hydroxyl groups is 1. The van der Waals surface area contributed by atoms with E-state index in [1.807, 2.05) is 0 Å². The van der Waals surface area contributed by atoms with Crippen LogP contribution in [0.3, 0.4) is 0 Å². The summed E-state index contributed by atoms with van der Waals surface area (Å²) >= 11 is 0. The van der Waals surface area contributed by atoms with E-state index in [9.17, 15) is 19.5 Å². The van der Waals surface area contributed by atoms with E-state index in [0.717, 1.165) is 32.1 Å². The molecule has 0 heterocycles. The Labute approximate surface area is 180 Å². The van der Waals surface area contributed by atoms with E-state index in [1.54, 1.807) is 0 Å². The van der Waals surface area contributed by atoms with Gasteiger partial charge in [-0.15, -0.1) is 0 Å². The van der Waals surface area contributed by atoms with Crippen molar-refractivity contribution in [3.05, 3.63) is 0 Å². The van der Waals surface area contributed by atoms with Crippen molar-refractivity contribution in [3.8, 4) is 0 Å². The summed E-state index contributed by atoms with van der Waals surface area (Å²) in [6.45, 7) is 6.56. The Hall–Kier alpha value is -1.23. The maximum absolute atomic E-state index is 13.7. The Morgan fingerprint density at radius 1 is 1.17 bits per heavy atom. The highest BCUT2D eigenvalue weighted by Crippen LogP contribution is 2.66. The SMILES string of the molecule is COC(=O)CCC(C)C1CCC2C3C(=O)CC4CC(O)CCC4(C)C3CC(=O)C12C. The highest BCUT2D eigenvalue weighted by molar-refractivity contribution is 5.92. The third kappa shape index (κ3) is 3.18. The van der Waals surface area contributed by atoms with Gasteiger partial charge in [-0.2, -0.15) is 0 Å². The van der Waals surface area contributed by atoms with Crippen LogP contribution in [0.4, 0.5) is 0 Å². The molecule has 0 aromatic heterocycles. The summed E-state index contributed by atoms with van der Waals surface area (Å²) in [7, 11) is 1.41. The van der Waals surface area contributed by atoms with Gasteiger partial charge in [-0.05, 0) is 73.5 Å². The van der Waals surface area contributed by atoms with Gasteiger partial charge >= 0.3 is 5.97 Å². The zero-order chi connectivity index (χ0) is 21.8. The fourth-order valence-electron chi connectivity index (χ4n) is 8.22. The normalized spacial score (nSPS) is 46.6. The van der Waals surface area contributed by atoms with Crippen LogP contribution in [0.1, 0.15) is 78.6 Å². The molecule has 0 saturated heterocycles. The third-order valence-electron chi connectivity index (χ3n) is 10.1. The molecule has 4 rings (SSSR count). The summed E-state index contributed by atoms with van der Waals surface area (Å²) in [5, 5.41) is 10.2. The number of ether oxygens (including phenoxy) is 1. The van der Waals surface area contributed by atoms with E-state index in [2.05, 4.69) is 20.8 Å². The molecule has 168 valence electrons. The number of esters is 1. The number of fused-ring (bicyclic) bond motifs is 5. The molecule has 0 bridgehead atoms. The number of methoxy groups -OCH3 is 1. The Morgan fingerprint density at radius 2 is 1.90 bits per heavy atom. The molecule has 4 aliphatic carbocycles. The van der Waals surface area contributed by atoms with E-state index in [0.29, 0.717) is 37.2 Å². The van der Waals surface area contributed by atoms with Crippen LogP contribution in [0.15, 0.2) is 0 Å². The standard InChI is InChI=1S/C25H38O5/c1-14(5-8-22(29)30-4)17-6-7-18-23-19(13-21(28)25(17,18)3)24(2)10-9-16(26)11-15(24)12-20(23)27/h14-19,23,26H,5-13H2,1-4H3. The van der Waals surface area contributed by atoms with Gasteiger partial charge < -0.3 is 9.84 Å². The average Bonchev–Trinajstić information content (AvgIpc) is 3.06. The maximum atomic E-state index is 13.7. The molecule has 0 amide bonds. The molecule has 0 aromatic rings. The molecule has 4 aliphatic rings. The summed E-state index contributed by atoms with van der Waals surface area (Å²) in [5.41, 5.74) is -0.465. The molecule has 0 aromatic carbocycles. The van der Waals surface area contributed by atoms with Gasteiger partial charge in [0.15, 0.2) is 0 Å². The van der Waals surface area contributed by atoms with Gasteiger partial charge in [0.2, 0.25) is 0 Å². The zero-order valence-electron chi connectivity index (χ0n) is 19.0. The predicted octanol–water partition coefficient (Wildman–Crippen LogP) is 3.95. The molecule has 30 heavy (non-hydrogen) atoms. The summed E-state index contributed by atoms with van der Waals surface area (Å²) in [6.07, 6.45) is 6.19. The lowest BCUT2D eigenvalue weighted by atomic mass is 9.43. The maximum Gasteiger partial charge on any atom is 0.305 e. The van der Waals surface area contributed by atoms with Crippen LogP contribution in [0.25, 0.3) is 0 Å². The minimum absolute atomic E-state index is 0.0105. The van der Waals surface area contributed by atoms with Gasteiger partial charge in [0.05, 0.1) is 13.2 Å². The van der Waals surface area contributed by atoms with Crippen LogP contribution in [-0.4, -0.2) is 35.9 Å². The molecule has 0 radical (unpaired) electrons. The van der Waals surface area contributed by atoms with Crippen molar-refractivity contribution in [3.63, 3.8) is 0 Å². The Morgan fingerprint density at radius 3 is 2.60 bits per heavy atom. The number of hydrogen-bond acceptors (Lipinski definition) is 5. The van der Waals surface area contributed by atoms with Crippen molar-refractivity contribution in [1.82, 2.24) is 0 Å². The smallest absolute Gasteiger partial charge is 0.305 e. The van der Waals surface area contributed by atoms with E-state index in [1.165, 1.54) is 7.11 Å². The quantitative estimate of drug-likeness (QED) is 0.699. The van der Waals surface area contributed by atoms with Crippen LogP contribution in [0.2, 0.25) is 0 Å². The lowest BCUT2D eigenvalue weighted by Gasteiger charge is -2.59. The first-order valence-electron chi connectivity index (χ1n) is 11.9. The molecule has 0 aliphatic heterocycles. The molecular formula is C25H38O5. The number of hydrogen-bond donors (Lipinski definition) is 1. The fraction of sp³-hybridized carbons (Fsp3) is 0.880. The molecule has 5 nitrogen and oxygen atoms in total. The van der Waals surface area contributed by atoms with E-state index in [4.69, 9.17) is 4.74 Å². The first-order chi connectivity index (χ1) is 14.1. The summed E-state index contributed by atoms with van der Waals surface area (Å²) in [6, 6.07) is 0. The number of carbonyl (C=O) groups is 3. The van der Waals surface area contributed by atoms with E-state index >= 15 is 0 Å². The monoisotopic (exact) mass is 418 g/mol. The van der Waals surface area contributed by atoms with Crippen LogP contribution >= 0.6 is 0 Å². The second kappa shape index (κ2) is 7.72. The van der Waals surface area contributed by atoms with Gasteiger partial charge in [-0.1, -0.05) is 20.8 Å². The lowest BCUT2D eigenvalue weighted by molar-refractivity contribution is -0.168. The second-order valence-corrected chi connectivity index (χ2v) is 11.2. The van der Waals surface area contributed by atoms with Crippen LogP contribution < -0.4 is 0 Å². The Bertz CT molecular complexity index is 731. The molecule has 9 unspecified atom stereocenters. The first kappa shape index (κ1) is 22.0. The van der Waals surface area contributed by atoms with Crippen LogP contribution in [0, 0.1) is 46.3 Å². The van der Waals surface area contributed by atoms with Gasteiger partial charge in [-0.3, -0.25) is 14.4 Å². The molecule has 9 atom stereocenters. The molecule has 0 spiro atoms. The predicted molar refractivity (Wildman–Crippen MR) is 112 cm³/mol. The van der Waals surface area contributed by atoms with E-state index in [-0.39, 0.29) is 53.0 Å². The van der Waals surface area contributed by atoms with Crippen molar-refractivity contribution in [2.75, 3.05) is 7.11 Å². The van der Waals surface area contributed by atoms with Gasteiger partial charge in [-0.25, -0.2) is 0 Å². The number of Topliss-reactive ketones (excluding diaryl/α,β-unsaturated/α-hetero) is 2. The number of rotatable bonds is 4. The van der Waals surface area contributed by atoms with Gasteiger partial charge in [0.25, 0.3) is 0 Å². The lowest BCUT2D eigenvalue weighted by Crippen LogP contribution is -2.60. The van der Waals surface area contributed by atoms with Crippen LogP contribution in [-0.2, 0) is 19.1 Å². The summed E-state index contributed by atoms with van der Waals surface area (Å²) in [4.78, 5) is 38.7. The highest BCUT2D eigenvalue weighted by atomic mass is 16.5. The largest absolute Gasteiger partial charge is 0.469 e. The first-order valence-corrected chi connectivity index (χ1v) is 11.9. The Kier molecular flexibility index (Phi) is 5.66. The average molecular weight is 419 g/mol. The molecule has 5 heteroatoms. The topological polar surface area (TPSA) is 80.7 Å². The zero-order valence-corrected chi connectivity index (χ0v) is 19.0.